The molecular formula is C15H20F3N3. The molecule has 6 heteroatoms. The van der Waals surface area contributed by atoms with E-state index in [1.54, 1.807) is 6.07 Å². The maximum Gasteiger partial charge on any atom is 0.417 e. The Morgan fingerprint density at radius 3 is 2.33 bits per heavy atom. The third kappa shape index (κ3) is 4.94. The molecule has 1 rings (SSSR count). The number of anilines is 1. The van der Waals surface area contributed by atoms with Crippen molar-refractivity contribution in [2.45, 2.75) is 19.5 Å². The van der Waals surface area contributed by atoms with Gasteiger partial charge < -0.3 is 9.80 Å². The van der Waals surface area contributed by atoms with Crippen LogP contribution in [0.15, 0.2) is 18.2 Å². The summed E-state index contributed by atoms with van der Waals surface area (Å²) in [6.45, 7) is 4.27. The minimum absolute atomic E-state index is 0.328. The number of benzene rings is 1. The second-order valence-corrected chi connectivity index (χ2v) is 5.08. The molecule has 1 aromatic rings. The highest BCUT2D eigenvalue weighted by atomic mass is 19.4. The zero-order valence-corrected chi connectivity index (χ0v) is 12.5. The molecule has 0 heterocycles. The van der Waals surface area contributed by atoms with Gasteiger partial charge >= 0.3 is 6.18 Å². The van der Waals surface area contributed by atoms with Crippen molar-refractivity contribution in [2.24, 2.45) is 0 Å². The lowest BCUT2D eigenvalue weighted by Gasteiger charge is -2.24. The lowest BCUT2D eigenvalue weighted by atomic mass is 10.1. The summed E-state index contributed by atoms with van der Waals surface area (Å²) >= 11 is 0. The van der Waals surface area contributed by atoms with E-state index in [2.05, 4.69) is 4.90 Å². The topological polar surface area (TPSA) is 30.3 Å². The Kier molecular flexibility index (Phi) is 6.03. The van der Waals surface area contributed by atoms with Crippen LogP contribution in [0.1, 0.15) is 24.5 Å². The van der Waals surface area contributed by atoms with Crippen molar-refractivity contribution in [3.05, 3.63) is 29.3 Å². The van der Waals surface area contributed by atoms with E-state index in [0.717, 1.165) is 25.6 Å². The summed E-state index contributed by atoms with van der Waals surface area (Å²) < 4.78 is 38.3. The molecule has 0 aliphatic rings. The second kappa shape index (κ2) is 7.32. The van der Waals surface area contributed by atoms with Gasteiger partial charge in [0.1, 0.15) is 0 Å². The number of hydrogen-bond donors (Lipinski definition) is 0. The molecule has 0 aliphatic carbocycles. The molecule has 0 saturated heterocycles. The number of rotatable bonds is 6. The van der Waals surface area contributed by atoms with E-state index >= 15 is 0 Å². The van der Waals surface area contributed by atoms with E-state index < -0.39 is 11.7 Å². The lowest BCUT2D eigenvalue weighted by Crippen LogP contribution is -2.27. The molecule has 116 valence electrons. The molecule has 0 amide bonds. The van der Waals surface area contributed by atoms with Crippen molar-refractivity contribution in [2.75, 3.05) is 38.6 Å². The average Bonchev–Trinajstić information content (AvgIpc) is 2.41. The van der Waals surface area contributed by atoms with Crippen molar-refractivity contribution >= 4 is 5.69 Å². The largest absolute Gasteiger partial charge is 0.417 e. The zero-order chi connectivity index (χ0) is 16.0. The summed E-state index contributed by atoms with van der Waals surface area (Å²) in [5.74, 6) is 0. The summed E-state index contributed by atoms with van der Waals surface area (Å²) in [7, 11) is 3.95. The molecule has 0 unspecified atom stereocenters. The fraction of sp³-hybridized carbons (Fsp3) is 0.533. The fourth-order valence-corrected chi connectivity index (χ4v) is 2.12. The van der Waals surface area contributed by atoms with Crippen LogP contribution >= 0.6 is 0 Å². The van der Waals surface area contributed by atoms with Gasteiger partial charge in [-0.1, -0.05) is 0 Å². The van der Waals surface area contributed by atoms with E-state index in [0.29, 0.717) is 12.2 Å². The van der Waals surface area contributed by atoms with E-state index in [1.807, 2.05) is 25.9 Å². The van der Waals surface area contributed by atoms with Gasteiger partial charge in [-0.2, -0.15) is 18.4 Å². The Labute approximate surface area is 123 Å². The number of nitriles is 1. The molecule has 0 saturated carbocycles. The minimum atomic E-state index is -4.49. The predicted molar refractivity (Wildman–Crippen MR) is 77.2 cm³/mol. The maximum absolute atomic E-state index is 12.8. The first-order valence-electron chi connectivity index (χ1n) is 6.80. The van der Waals surface area contributed by atoms with Gasteiger partial charge in [0.15, 0.2) is 0 Å². The molecule has 0 fully saturated rings. The zero-order valence-electron chi connectivity index (χ0n) is 12.5. The Morgan fingerprint density at radius 1 is 1.19 bits per heavy atom. The monoisotopic (exact) mass is 299 g/mol. The van der Waals surface area contributed by atoms with Crippen LogP contribution < -0.4 is 4.90 Å². The van der Waals surface area contributed by atoms with E-state index in [4.69, 9.17) is 5.26 Å². The molecule has 0 N–H and O–H groups in total. The van der Waals surface area contributed by atoms with Crippen molar-refractivity contribution in [1.82, 2.24) is 4.90 Å². The van der Waals surface area contributed by atoms with Gasteiger partial charge in [0, 0.05) is 18.8 Å². The van der Waals surface area contributed by atoms with Crippen molar-refractivity contribution in [3.63, 3.8) is 0 Å². The van der Waals surface area contributed by atoms with Crippen LogP contribution in [0, 0.1) is 11.3 Å². The van der Waals surface area contributed by atoms with Crippen LogP contribution in [0.3, 0.4) is 0 Å². The first-order valence-corrected chi connectivity index (χ1v) is 6.80. The summed E-state index contributed by atoms with van der Waals surface area (Å²) in [6, 6.07) is 5.38. The van der Waals surface area contributed by atoms with Crippen LogP contribution in [0.25, 0.3) is 0 Å². The average molecular weight is 299 g/mol. The Bertz CT molecular complexity index is 504. The number of alkyl halides is 3. The highest BCUT2D eigenvalue weighted by Crippen LogP contribution is 2.33. The highest BCUT2D eigenvalue weighted by molar-refractivity contribution is 5.55. The van der Waals surface area contributed by atoms with Gasteiger partial charge in [-0.05, 0) is 52.2 Å². The van der Waals surface area contributed by atoms with Crippen LogP contribution in [0.2, 0.25) is 0 Å². The third-order valence-corrected chi connectivity index (χ3v) is 3.21. The van der Waals surface area contributed by atoms with Crippen molar-refractivity contribution < 1.29 is 13.2 Å². The second-order valence-electron chi connectivity index (χ2n) is 5.08. The third-order valence-electron chi connectivity index (χ3n) is 3.21. The SMILES string of the molecule is CCN(CCCN(C)C)c1ccc(C(F)(F)F)c(C#N)c1. The Balaban J connectivity index is 2.94. The fourth-order valence-electron chi connectivity index (χ4n) is 2.12. The summed E-state index contributed by atoms with van der Waals surface area (Å²) in [4.78, 5) is 4.03. The highest BCUT2D eigenvalue weighted by Gasteiger charge is 2.33. The molecule has 0 radical (unpaired) electrons. The molecule has 1 aromatic carbocycles. The van der Waals surface area contributed by atoms with Crippen LogP contribution in [-0.2, 0) is 6.18 Å². The van der Waals surface area contributed by atoms with Gasteiger partial charge in [0.05, 0.1) is 17.2 Å². The molecular weight excluding hydrogens is 279 g/mol. The van der Waals surface area contributed by atoms with Crippen molar-refractivity contribution in [3.8, 4) is 6.07 Å². The predicted octanol–water partition coefficient (Wildman–Crippen LogP) is 3.36. The molecule has 21 heavy (non-hydrogen) atoms. The molecule has 0 bridgehead atoms. The number of hydrogen-bond acceptors (Lipinski definition) is 3. The van der Waals surface area contributed by atoms with Gasteiger partial charge in [-0.15, -0.1) is 0 Å². The van der Waals surface area contributed by atoms with Gasteiger partial charge in [-0.3, -0.25) is 0 Å². The number of halogens is 3. The first kappa shape index (κ1) is 17.3. The molecule has 3 nitrogen and oxygen atoms in total. The smallest absolute Gasteiger partial charge is 0.372 e. The molecule has 0 spiro atoms. The van der Waals surface area contributed by atoms with E-state index in [-0.39, 0.29) is 5.56 Å². The molecule has 0 aliphatic heterocycles. The van der Waals surface area contributed by atoms with Crippen LogP contribution in [0.4, 0.5) is 18.9 Å². The van der Waals surface area contributed by atoms with Crippen LogP contribution in [0.5, 0.6) is 0 Å². The van der Waals surface area contributed by atoms with E-state index in [9.17, 15) is 13.2 Å². The molecule has 0 aromatic heterocycles. The Morgan fingerprint density at radius 2 is 1.86 bits per heavy atom. The standard InChI is InChI=1S/C15H20F3N3/c1-4-21(9-5-8-20(2)3)13-6-7-14(15(16,17)18)12(10-13)11-19/h6-7,10H,4-5,8-9H2,1-3H3. The van der Waals surface area contributed by atoms with Crippen LogP contribution in [-0.4, -0.2) is 38.6 Å². The lowest BCUT2D eigenvalue weighted by molar-refractivity contribution is -0.137. The number of nitrogens with zero attached hydrogens (tertiary/aromatic N) is 3. The molecule has 0 atom stereocenters. The Hall–Kier alpha value is -1.74. The normalized spacial score (nSPS) is 11.5. The minimum Gasteiger partial charge on any atom is -0.372 e. The van der Waals surface area contributed by atoms with E-state index in [1.165, 1.54) is 12.1 Å². The van der Waals surface area contributed by atoms with Gasteiger partial charge in [-0.25, -0.2) is 0 Å². The summed E-state index contributed by atoms with van der Waals surface area (Å²) in [6.07, 6.45) is -3.59. The first-order chi connectivity index (χ1) is 9.79. The van der Waals surface area contributed by atoms with Gasteiger partial charge in [0.25, 0.3) is 0 Å². The quantitative estimate of drug-likeness (QED) is 0.807. The van der Waals surface area contributed by atoms with Gasteiger partial charge in [0.2, 0.25) is 0 Å². The summed E-state index contributed by atoms with van der Waals surface area (Å²) in [5.41, 5.74) is -0.551. The van der Waals surface area contributed by atoms with Crippen molar-refractivity contribution in [1.29, 1.82) is 5.26 Å². The maximum atomic E-state index is 12.8. The summed E-state index contributed by atoms with van der Waals surface area (Å²) in [5, 5.41) is 8.93.